The van der Waals surface area contributed by atoms with E-state index in [-0.39, 0.29) is 20.1 Å². The monoisotopic (exact) mass is 873 g/mol. The van der Waals surface area contributed by atoms with Gasteiger partial charge in [0.25, 0.3) is 0 Å². The summed E-state index contributed by atoms with van der Waals surface area (Å²) in [6.45, 7) is 4.46. The van der Waals surface area contributed by atoms with E-state index < -0.39 is 13.3 Å². The maximum absolute atomic E-state index is 4.75. The van der Waals surface area contributed by atoms with Gasteiger partial charge in [0.2, 0.25) is 0 Å². The van der Waals surface area contributed by atoms with Crippen molar-refractivity contribution in [2.24, 2.45) is 0 Å². The van der Waals surface area contributed by atoms with Crippen molar-refractivity contribution < 1.29 is 20.1 Å². The number of hydrogen-bond donors (Lipinski definition) is 0. The minimum absolute atomic E-state index is 0. The van der Waals surface area contributed by atoms with Crippen LogP contribution in [0.25, 0.3) is 62.9 Å². The standard InChI is InChI=1S/C26H18NS2.C14H16GeN.Ir/c1-15(2)16-11-12-27-20(13-16)19-14-23-24(17-7-3-5-9-21(17)28-23)25-18-8-4-6-10-22(18)29-26(19)25;1-15(2,3)13-9-10-14(16-11-13)12-7-5-4-6-8-12;/h3-13,15H,1-2H3;4-7,9-11H,1-3H3;/q2*-1;. The van der Waals surface area contributed by atoms with Crippen molar-refractivity contribution in [3.63, 3.8) is 0 Å². The van der Waals surface area contributed by atoms with E-state index in [0.717, 1.165) is 22.5 Å². The van der Waals surface area contributed by atoms with Crippen LogP contribution in [-0.4, -0.2) is 23.2 Å². The van der Waals surface area contributed by atoms with E-state index in [9.17, 15) is 0 Å². The molecule has 0 atom stereocenters. The topological polar surface area (TPSA) is 25.8 Å². The van der Waals surface area contributed by atoms with E-state index in [2.05, 4.69) is 121 Å². The molecule has 0 aliphatic heterocycles. The molecule has 0 unspecified atom stereocenters. The second-order valence-electron chi connectivity index (χ2n) is 12.7. The van der Waals surface area contributed by atoms with E-state index in [1.807, 2.05) is 59.3 Å². The normalized spacial score (nSPS) is 11.6. The Morgan fingerprint density at radius 2 is 1.41 bits per heavy atom. The SMILES string of the molecule is CC(C)c1ccnc(-c2[c-]c3sc4ccccc4c3c3c2sc2ccccc23)c1.[CH3][Ge]([CH3])([CH3])[c]1ccc(-c2[c-]cccc2)nc1.[Ir]. The minimum Gasteiger partial charge on any atom is 0 e. The number of rotatable bonds is 4. The van der Waals surface area contributed by atoms with Crippen molar-refractivity contribution in [3.05, 3.63) is 127 Å². The molecule has 46 heavy (non-hydrogen) atoms. The van der Waals surface area contributed by atoms with Crippen molar-refractivity contribution in [1.29, 1.82) is 0 Å². The number of aromatic nitrogens is 2. The van der Waals surface area contributed by atoms with Crippen molar-refractivity contribution >= 4 is 80.7 Å². The van der Waals surface area contributed by atoms with Crippen LogP contribution < -0.4 is 4.40 Å². The predicted molar refractivity (Wildman–Crippen MR) is 200 cm³/mol. The van der Waals surface area contributed by atoms with Gasteiger partial charge < -0.3 is 4.98 Å². The van der Waals surface area contributed by atoms with Gasteiger partial charge in [-0.3, -0.25) is 0 Å². The first-order valence-corrected chi connectivity index (χ1v) is 24.3. The van der Waals surface area contributed by atoms with E-state index in [1.54, 1.807) is 0 Å². The van der Waals surface area contributed by atoms with Crippen LogP contribution >= 0.6 is 22.7 Å². The van der Waals surface area contributed by atoms with Crippen LogP contribution in [0.15, 0.2) is 109 Å². The minimum atomic E-state index is -1.72. The van der Waals surface area contributed by atoms with Crippen molar-refractivity contribution in [2.45, 2.75) is 37.0 Å². The summed E-state index contributed by atoms with van der Waals surface area (Å²) in [7, 11) is 0. The van der Waals surface area contributed by atoms with E-state index >= 15 is 0 Å². The summed E-state index contributed by atoms with van der Waals surface area (Å²) in [5, 5.41) is 5.34. The Hall–Kier alpha value is -3.19. The molecule has 8 aromatic rings. The van der Waals surface area contributed by atoms with Crippen LogP contribution in [-0.2, 0) is 20.1 Å². The summed E-state index contributed by atoms with van der Waals surface area (Å²) in [5.74, 6) is 7.62. The molecule has 0 N–H and O–H groups in total. The number of nitrogens with zero attached hydrogens (tertiary/aromatic N) is 2. The molecule has 6 heteroatoms. The molecule has 4 aromatic carbocycles. The Balaban J connectivity index is 0.000000187. The smallest absolute Gasteiger partial charge is 0 e. The van der Waals surface area contributed by atoms with Gasteiger partial charge in [0.05, 0.1) is 0 Å². The molecule has 0 amide bonds. The quantitative estimate of drug-likeness (QED) is 0.130. The molecule has 4 aromatic heterocycles. The summed E-state index contributed by atoms with van der Waals surface area (Å²) in [6.07, 6.45) is 3.98. The van der Waals surface area contributed by atoms with Crippen LogP contribution in [0, 0.1) is 12.1 Å². The van der Waals surface area contributed by atoms with Gasteiger partial charge in [0.15, 0.2) is 0 Å². The molecule has 2 nitrogen and oxygen atoms in total. The third-order valence-corrected chi connectivity index (χ3v) is 14.8. The molecule has 0 fully saturated rings. The molecule has 0 aliphatic carbocycles. The summed E-state index contributed by atoms with van der Waals surface area (Å²) >= 11 is 1.97. The van der Waals surface area contributed by atoms with Gasteiger partial charge in [-0.2, -0.15) is 22.7 Å². The molecule has 1 radical (unpaired) electrons. The summed E-state index contributed by atoms with van der Waals surface area (Å²) in [5.41, 5.74) is 5.54. The van der Waals surface area contributed by atoms with Gasteiger partial charge in [-0.1, -0.05) is 72.6 Å². The maximum Gasteiger partial charge on any atom is 0 e. The van der Waals surface area contributed by atoms with E-state index in [1.165, 1.54) is 50.3 Å². The molecule has 8 rings (SSSR count). The van der Waals surface area contributed by atoms with Crippen LogP contribution in [0.4, 0.5) is 0 Å². The maximum atomic E-state index is 4.75. The largest absolute Gasteiger partial charge is 0 e. The number of thiophene rings is 2. The third kappa shape index (κ3) is 6.36. The Labute approximate surface area is 295 Å². The second kappa shape index (κ2) is 13.5. The zero-order chi connectivity index (χ0) is 31.1. The first-order chi connectivity index (χ1) is 21.8. The second-order valence-corrected chi connectivity index (χ2v) is 25.4. The van der Waals surface area contributed by atoms with E-state index in [0.29, 0.717) is 5.92 Å². The molecule has 4 heterocycles. The van der Waals surface area contributed by atoms with Gasteiger partial charge in [-0.05, 0) is 50.0 Å². The summed E-state index contributed by atoms with van der Waals surface area (Å²) in [4.78, 5) is 9.28. The fourth-order valence-electron chi connectivity index (χ4n) is 5.69. The van der Waals surface area contributed by atoms with Crippen molar-refractivity contribution in [2.75, 3.05) is 0 Å². The molecular formula is C40H34GeIrN2S2-2. The zero-order valence-corrected chi connectivity index (χ0v) is 32.6. The van der Waals surface area contributed by atoms with Gasteiger partial charge in [0, 0.05) is 35.7 Å². The predicted octanol–water partition coefficient (Wildman–Crippen LogP) is 11.5. The molecule has 231 valence electrons. The summed E-state index contributed by atoms with van der Waals surface area (Å²) < 4.78 is 6.58. The molecule has 0 saturated heterocycles. The van der Waals surface area contributed by atoms with Crippen molar-refractivity contribution in [3.8, 4) is 22.5 Å². The zero-order valence-electron chi connectivity index (χ0n) is 26.5. The number of fused-ring (bicyclic) bond motifs is 7. The first kappa shape index (κ1) is 32.7. The fourth-order valence-corrected chi connectivity index (χ4v) is 10.2. The van der Waals surface area contributed by atoms with Crippen LogP contribution in [0.5, 0.6) is 0 Å². The Bertz CT molecular complexity index is 2280. The van der Waals surface area contributed by atoms with Gasteiger partial charge >= 0.3 is 99.8 Å². The average molecular weight is 872 g/mol. The Morgan fingerprint density at radius 3 is 2.07 bits per heavy atom. The first-order valence-electron chi connectivity index (χ1n) is 15.4. The van der Waals surface area contributed by atoms with Crippen molar-refractivity contribution in [1.82, 2.24) is 9.97 Å². The fraction of sp³-hybridized carbons (Fsp3) is 0.150. The van der Waals surface area contributed by atoms with Gasteiger partial charge in [-0.25, -0.2) is 0 Å². The molecule has 0 bridgehead atoms. The van der Waals surface area contributed by atoms with Crippen LogP contribution in [0.2, 0.25) is 17.3 Å². The number of hydrogen-bond acceptors (Lipinski definition) is 4. The van der Waals surface area contributed by atoms with E-state index in [4.69, 9.17) is 4.98 Å². The number of pyridine rings is 2. The molecule has 0 saturated carbocycles. The molecule has 0 aliphatic rings. The van der Waals surface area contributed by atoms with Crippen LogP contribution in [0.1, 0.15) is 25.3 Å². The Morgan fingerprint density at radius 1 is 0.717 bits per heavy atom. The Kier molecular flexibility index (Phi) is 9.61. The summed E-state index contributed by atoms with van der Waals surface area (Å²) in [6, 6.07) is 41.1. The molecule has 0 spiro atoms. The van der Waals surface area contributed by atoms with Gasteiger partial charge in [-0.15, -0.1) is 11.6 Å². The van der Waals surface area contributed by atoms with Gasteiger partial charge in [0.1, 0.15) is 0 Å². The molecular weight excluding hydrogens is 837 g/mol. The third-order valence-electron chi connectivity index (χ3n) is 8.23. The number of benzene rings is 4. The van der Waals surface area contributed by atoms with Crippen LogP contribution in [0.3, 0.4) is 0 Å². The average Bonchev–Trinajstić information content (AvgIpc) is 3.63.